The molecule has 1 amide bonds. The van der Waals surface area contributed by atoms with Gasteiger partial charge in [0.05, 0.1) is 6.61 Å². The number of nitrogens with zero attached hydrogens (tertiary/aromatic N) is 3. The van der Waals surface area contributed by atoms with Gasteiger partial charge in [0.25, 0.3) is 5.91 Å². The number of aliphatic hydroxyl groups is 2. The van der Waals surface area contributed by atoms with E-state index in [1.807, 2.05) is 17.0 Å². The molecule has 1 aromatic heterocycles. The maximum absolute atomic E-state index is 13.1. The highest BCUT2D eigenvalue weighted by molar-refractivity contribution is 5.94. The third kappa shape index (κ3) is 4.64. The Morgan fingerprint density at radius 3 is 2.55 bits per heavy atom. The highest BCUT2D eigenvalue weighted by atomic mass is 16.3. The molecule has 2 aliphatic heterocycles. The number of benzene rings is 1. The SMILES string of the molecule is C[C@H](O)C#Cc1ccc([C@@H]2[C@H](CO)N3CCCCN(C(=O)c4ccncc4)C[C@@H]23)cc1. The fraction of sp³-hybridized carbons (Fsp3) is 0.440. The number of amides is 1. The molecule has 0 saturated carbocycles. The van der Waals surface area contributed by atoms with Crippen molar-refractivity contribution in [3.05, 3.63) is 65.5 Å². The van der Waals surface area contributed by atoms with Crippen LogP contribution in [-0.4, -0.2) is 75.3 Å². The zero-order valence-electron chi connectivity index (χ0n) is 17.8. The van der Waals surface area contributed by atoms with Gasteiger partial charge < -0.3 is 15.1 Å². The first kappa shape index (κ1) is 21.5. The summed E-state index contributed by atoms with van der Waals surface area (Å²) in [6.07, 6.45) is 4.61. The molecule has 1 aromatic carbocycles. The molecular weight excluding hydrogens is 390 g/mol. The first-order chi connectivity index (χ1) is 15.1. The normalized spacial score (nSPS) is 24.6. The molecule has 2 saturated heterocycles. The van der Waals surface area contributed by atoms with Crippen molar-refractivity contribution in [3.8, 4) is 11.8 Å². The number of aromatic nitrogens is 1. The molecule has 162 valence electrons. The van der Waals surface area contributed by atoms with Crippen LogP contribution in [0.4, 0.5) is 0 Å². The van der Waals surface area contributed by atoms with Gasteiger partial charge in [-0.05, 0) is 56.1 Å². The number of aliphatic hydroxyl groups excluding tert-OH is 2. The lowest BCUT2D eigenvalue weighted by Crippen LogP contribution is -2.67. The van der Waals surface area contributed by atoms with Crippen molar-refractivity contribution in [3.63, 3.8) is 0 Å². The first-order valence-corrected chi connectivity index (χ1v) is 10.9. The van der Waals surface area contributed by atoms with Gasteiger partial charge in [-0.25, -0.2) is 0 Å². The van der Waals surface area contributed by atoms with Crippen molar-refractivity contribution < 1.29 is 15.0 Å². The molecular formula is C25H29N3O3. The predicted octanol–water partition coefficient (Wildman–Crippen LogP) is 1.88. The molecule has 31 heavy (non-hydrogen) atoms. The second-order valence-electron chi connectivity index (χ2n) is 8.34. The zero-order valence-corrected chi connectivity index (χ0v) is 17.8. The minimum atomic E-state index is -0.655. The molecule has 0 radical (unpaired) electrons. The number of pyridine rings is 1. The second kappa shape index (κ2) is 9.61. The van der Waals surface area contributed by atoms with Gasteiger partial charge >= 0.3 is 0 Å². The van der Waals surface area contributed by atoms with Crippen LogP contribution in [-0.2, 0) is 0 Å². The van der Waals surface area contributed by atoms with E-state index in [0.717, 1.165) is 37.1 Å². The number of hydrogen-bond acceptors (Lipinski definition) is 5. The third-order valence-corrected chi connectivity index (χ3v) is 6.31. The number of carbonyl (C=O) groups is 1. The minimum absolute atomic E-state index is 0.0409. The van der Waals surface area contributed by atoms with Gasteiger partial charge in [0.2, 0.25) is 0 Å². The van der Waals surface area contributed by atoms with Crippen molar-refractivity contribution >= 4 is 5.91 Å². The van der Waals surface area contributed by atoms with E-state index in [0.29, 0.717) is 12.1 Å². The molecule has 2 aliphatic rings. The van der Waals surface area contributed by atoms with E-state index in [2.05, 4.69) is 33.9 Å². The quantitative estimate of drug-likeness (QED) is 0.743. The van der Waals surface area contributed by atoms with Crippen LogP contribution in [0.2, 0.25) is 0 Å². The fourth-order valence-corrected chi connectivity index (χ4v) is 4.78. The molecule has 2 fully saturated rings. The van der Waals surface area contributed by atoms with E-state index in [1.165, 1.54) is 0 Å². The van der Waals surface area contributed by atoms with Crippen molar-refractivity contribution in [2.45, 2.75) is 43.9 Å². The molecule has 4 rings (SSSR count). The number of rotatable bonds is 3. The average molecular weight is 420 g/mol. The first-order valence-electron chi connectivity index (χ1n) is 10.9. The molecule has 4 atom stereocenters. The lowest BCUT2D eigenvalue weighted by Gasteiger charge is -2.57. The zero-order chi connectivity index (χ0) is 21.8. The van der Waals surface area contributed by atoms with E-state index in [9.17, 15) is 15.0 Å². The Hall–Kier alpha value is -2.72. The number of hydrogen-bond donors (Lipinski definition) is 2. The Morgan fingerprint density at radius 1 is 1.16 bits per heavy atom. The van der Waals surface area contributed by atoms with Crippen molar-refractivity contribution in [1.29, 1.82) is 0 Å². The van der Waals surface area contributed by atoms with Gasteiger partial charge in [-0.15, -0.1) is 0 Å². The Morgan fingerprint density at radius 2 is 1.87 bits per heavy atom. The van der Waals surface area contributed by atoms with E-state index < -0.39 is 6.10 Å². The van der Waals surface area contributed by atoms with E-state index in [4.69, 9.17) is 0 Å². The summed E-state index contributed by atoms with van der Waals surface area (Å²) in [6.45, 7) is 4.08. The van der Waals surface area contributed by atoms with E-state index in [1.54, 1.807) is 31.5 Å². The highest BCUT2D eigenvalue weighted by Crippen LogP contribution is 2.42. The van der Waals surface area contributed by atoms with Gasteiger partial charge in [0.15, 0.2) is 0 Å². The lowest BCUT2D eigenvalue weighted by molar-refractivity contribution is -0.0606. The maximum atomic E-state index is 13.1. The summed E-state index contributed by atoms with van der Waals surface area (Å²) >= 11 is 0. The number of carbonyl (C=O) groups excluding carboxylic acids is 1. The third-order valence-electron chi connectivity index (χ3n) is 6.31. The molecule has 2 aromatic rings. The van der Waals surface area contributed by atoms with Crippen molar-refractivity contribution in [2.24, 2.45) is 0 Å². The summed E-state index contributed by atoms with van der Waals surface area (Å²) in [4.78, 5) is 21.4. The van der Waals surface area contributed by atoms with Gasteiger partial charge in [-0.3, -0.25) is 14.7 Å². The van der Waals surface area contributed by atoms with Crippen LogP contribution in [0.5, 0.6) is 0 Å². The monoisotopic (exact) mass is 419 g/mol. The van der Waals surface area contributed by atoms with Gasteiger partial charge in [0, 0.05) is 54.6 Å². The van der Waals surface area contributed by atoms with Crippen LogP contribution in [0.25, 0.3) is 0 Å². The molecule has 2 N–H and O–H groups in total. The Labute approximate surface area is 183 Å². The van der Waals surface area contributed by atoms with Crippen molar-refractivity contribution in [1.82, 2.24) is 14.8 Å². The summed E-state index contributed by atoms with van der Waals surface area (Å²) in [6, 6.07) is 11.8. The van der Waals surface area contributed by atoms with Crippen LogP contribution in [0.1, 0.15) is 47.2 Å². The Bertz CT molecular complexity index is 949. The van der Waals surface area contributed by atoms with Crippen molar-refractivity contribution in [2.75, 3.05) is 26.2 Å². The van der Waals surface area contributed by atoms with Crippen LogP contribution in [0.3, 0.4) is 0 Å². The summed E-state index contributed by atoms with van der Waals surface area (Å²) in [5, 5.41) is 19.5. The molecule has 0 unspecified atom stereocenters. The molecule has 6 heteroatoms. The molecule has 6 nitrogen and oxygen atoms in total. The predicted molar refractivity (Wildman–Crippen MR) is 118 cm³/mol. The average Bonchev–Trinajstić information content (AvgIpc) is 2.77. The largest absolute Gasteiger partial charge is 0.395 e. The minimum Gasteiger partial charge on any atom is -0.395 e. The standard InChI is InChI=1S/C25H29N3O3/c1-18(30)4-5-19-6-8-20(9-7-19)24-22-16-27(25(31)21-10-12-26-13-11-21)14-2-3-15-28(22)23(24)17-29/h6-13,18,22-24,29-30H,2-3,14-17H2,1H3/t18-,22-,23-,24-/m0/s1. The van der Waals surface area contributed by atoms with Crippen LogP contribution in [0, 0.1) is 11.8 Å². The van der Waals surface area contributed by atoms with Gasteiger partial charge in [-0.1, -0.05) is 24.0 Å². The Balaban J connectivity index is 1.56. The molecule has 0 spiro atoms. The van der Waals surface area contributed by atoms with E-state index in [-0.39, 0.29) is 30.5 Å². The van der Waals surface area contributed by atoms with Crippen LogP contribution < -0.4 is 0 Å². The van der Waals surface area contributed by atoms with Crippen LogP contribution in [0.15, 0.2) is 48.8 Å². The fourth-order valence-electron chi connectivity index (χ4n) is 4.78. The summed E-state index contributed by atoms with van der Waals surface area (Å²) in [5.41, 5.74) is 2.67. The second-order valence-corrected chi connectivity index (χ2v) is 8.34. The molecule has 0 aliphatic carbocycles. The summed E-state index contributed by atoms with van der Waals surface area (Å²) in [7, 11) is 0. The highest BCUT2D eigenvalue weighted by Gasteiger charge is 2.49. The molecule has 0 bridgehead atoms. The Kier molecular flexibility index (Phi) is 6.67. The lowest BCUT2D eigenvalue weighted by atomic mass is 9.74. The smallest absolute Gasteiger partial charge is 0.254 e. The maximum Gasteiger partial charge on any atom is 0.254 e. The summed E-state index contributed by atoms with van der Waals surface area (Å²) < 4.78 is 0. The van der Waals surface area contributed by atoms with Crippen LogP contribution >= 0.6 is 0 Å². The number of fused-ring (bicyclic) bond motifs is 1. The summed E-state index contributed by atoms with van der Waals surface area (Å²) in [5.74, 6) is 5.93. The van der Waals surface area contributed by atoms with Gasteiger partial charge in [-0.2, -0.15) is 0 Å². The van der Waals surface area contributed by atoms with E-state index >= 15 is 0 Å². The molecule has 3 heterocycles. The van der Waals surface area contributed by atoms with Gasteiger partial charge in [0.1, 0.15) is 6.10 Å². The topological polar surface area (TPSA) is 76.9 Å².